The number of aryl methyl sites for hydroxylation is 2. The van der Waals surface area contributed by atoms with Gasteiger partial charge in [0.25, 0.3) is 5.91 Å². The van der Waals surface area contributed by atoms with Crippen molar-refractivity contribution in [2.24, 2.45) is 5.73 Å². The van der Waals surface area contributed by atoms with Crippen molar-refractivity contribution >= 4 is 41.4 Å². The normalized spacial score (nSPS) is 12.3. The first-order chi connectivity index (χ1) is 22.5. The summed E-state index contributed by atoms with van der Waals surface area (Å²) < 4.78 is 16.9. The van der Waals surface area contributed by atoms with Gasteiger partial charge in [0.15, 0.2) is 17.5 Å². The monoisotopic (exact) mass is 646 g/mol. The summed E-state index contributed by atoms with van der Waals surface area (Å²) in [5.41, 5.74) is 7.36. The lowest BCUT2D eigenvalue weighted by Gasteiger charge is -2.25. The van der Waals surface area contributed by atoms with E-state index in [9.17, 15) is 34.2 Å². The summed E-state index contributed by atoms with van der Waals surface area (Å²) in [6.07, 6.45) is 0.680. The molecule has 0 saturated heterocycles. The number of anilines is 1. The minimum atomic E-state index is -1.32. The van der Waals surface area contributed by atoms with Gasteiger partial charge in [-0.2, -0.15) is 0 Å². The molecule has 0 bridgehead atoms. The summed E-state index contributed by atoms with van der Waals surface area (Å²) in [4.78, 5) is 64.5. The molecular formula is C33H34N4O10. The molecule has 4 rings (SSSR count). The fraction of sp³-hybridized carbons (Fsp3) is 0.273. The number of hydrogen-bond acceptors (Lipinski definition) is 9. The number of benzene rings is 3. The molecule has 1 aliphatic heterocycles. The Morgan fingerprint density at radius 3 is 2.57 bits per heavy atom. The van der Waals surface area contributed by atoms with Gasteiger partial charge in [0.1, 0.15) is 6.54 Å². The Kier molecular flexibility index (Phi) is 11.1. The van der Waals surface area contributed by atoms with Gasteiger partial charge in [0.2, 0.25) is 0 Å². The maximum absolute atomic E-state index is 14.3. The van der Waals surface area contributed by atoms with E-state index in [-0.39, 0.29) is 66.7 Å². The third-order valence-electron chi connectivity index (χ3n) is 7.13. The number of carbonyl (C=O) groups is 5. The van der Waals surface area contributed by atoms with Crippen LogP contribution in [0.4, 0.5) is 5.69 Å². The number of aromatic carboxylic acids is 1. The van der Waals surface area contributed by atoms with Crippen LogP contribution in [0.15, 0.2) is 54.6 Å². The lowest BCUT2D eigenvalue weighted by atomic mass is 9.98. The summed E-state index contributed by atoms with van der Waals surface area (Å²) in [6, 6.07) is 13.5. The molecule has 1 aliphatic rings. The van der Waals surface area contributed by atoms with E-state index in [0.29, 0.717) is 35.2 Å². The lowest BCUT2D eigenvalue weighted by molar-refractivity contribution is -0.143. The molecule has 0 spiro atoms. The molecule has 1 heterocycles. The van der Waals surface area contributed by atoms with E-state index in [1.807, 2.05) is 0 Å². The molecule has 6 N–H and O–H groups in total. The highest BCUT2D eigenvalue weighted by Crippen LogP contribution is 2.37. The number of esters is 2. The second-order valence-electron chi connectivity index (χ2n) is 10.5. The first kappa shape index (κ1) is 34.0. The molecule has 0 radical (unpaired) electrons. The molecule has 14 heteroatoms. The third-order valence-corrected chi connectivity index (χ3v) is 7.13. The van der Waals surface area contributed by atoms with Gasteiger partial charge in [-0.05, 0) is 79.3 Å². The molecule has 3 aromatic rings. The van der Waals surface area contributed by atoms with Crippen molar-refractivity contribution in [3.8, 4) is 11.5 Å². The van der Waals surface area contributed by atoms with E-state index in [4.69, 9.17) is 25.4 Å². The molecular weight excluding hydrogens is 612 g/mol. The molecule has 246 valence electrons. The highest BCUT2D eigenvalue weighted by molar-refractivity contribution is 6.02. The van der Waals surface area contributed by atoms with E-state index in [2.05, 4.69) is 5.32 Å². The maximum atomic E-state index is 14.3. The highest BCUT2D eigenvalue weighted by Gasteiger charge is 2.30. The number of aliphatic carboxylic acids is 1. The predicted molar refractivity (Wildman–Crippen MR) is 168 cm³/mol. The Labute approximate surface area is 269 Å². The number of carboxylic acids is 2. The largest absolute Gasteiger partial charge is 0.489 e. The van der Waals surface area contributed by atoms with Gasteiger partial charge < -0.3 is 40.4 Å². The Balaban J connectivity index is 1.79. The Morgan fingerprint density at radius 2 is 1.87 bits per heavy atom. The fourth-order valence-corrected chi connectivity index (χ4v) is 5.11. The number of nitrogens with two attached hydrogens (primary N) is 1. The smallest absolute Gasteiger partial charge is 0.343 e. The van der Waals surface area contributed by atoms with E-state index in [0.717, 1.165) is 4.90 Å². The van der Waals surface area contributed by atoms with Gasteiger partial charge in [-0.1, -0.05) is 18.2 Å². The van der Waals surface area contributed by atoms with Crippen LogP contribution in [-0.2, 0) is 33.7 Å². The van der Waals surface area contributed by atoms with Crippen molar-refractivity contribution in [3.63, 3.8) is 0 Å². The number of rotatable bonds is 11. The van der Waals surface area contributed by atoms with Crippen LogP contribution in [0.1, 0.15) is 67.5 Å². The fourth-order valence-electron chi connectivity index (χ4n) is 5.11. The summed E-state index contributed by atoms with van der Waals surface area (Å²) in [5.74, 6) is -5.03. The van der Waals surface area contributed by atoms with Gasteiger partial charge in [0, 0.05) is 18.7 Å². The van der Waals surface area contributed by atoms with Crippen molar-refractivity contribution in [2.75, 3.05) is 25.1 Å². The van der Waals surface area contributed by atoms with Gasteiger partial charge >= 0.3 is 23.9 Å². The number of hydrogen-bond donors (Lipinski definition) is 5. The minimum absolute atomic E-state index is 0.0225. The number of nitrogens with zero attached hydrogens (tertiary/aromatic N) is 1. The summed E-state index contributed by atoms with van der Waals surface area (Å²) in [7, 11) is 0. The van der Waals surface area contributed by atoms with Crippen LogP contribution in [0.3, 0.4) is 0 Å². The van der Waals surface area contributed by atoms with Gasteiger partial charge in [-0.25, -0.2) is 9.59 Å². The molecule has 0 fully saturated rings. The van der Waals surface area contributed by atoms with E-state index in [1.165, 1.54) is 36.4 Å². The van der Waals surface area contributed by atoms with Crippen LogP contribution in [0.5, 0.6) is 11.5 Å². The van der Waals surface area contributed by atoms with Crippen LogP contribution in [0.2, 0.25) is 0 Å². The number of fused-ring (bicyclic) bond motifs is 2. The zero-order valence-electron chi connectivity index (χ0n) is 25.5. The quantitative estimate of drug-likeness (QED) is 0.0875. The predicted octanol–water partition coefficient (Wildman–Crippen LogP) is 3.46. The molecule has 47 heavy (non-hydrogen) atoms. The first-order valence-corrected chi connectivity index (χ1v) is 14.7. The van der Waals surface area contributed by atoms with Crippen molar-refractivity contribution in [3.05, 3.63) is 88.0 Å². The number of carbonyl (C=O) groups excluding carboxylic acids is 3. The number of ether oxygens (including phenoxy) is 3. The molecule has 3 aromatic carbocycles. The molecule has 1 amide bonds. The SMILES string of the molecule is CCOC(=O)CCc1ccc2c(c1C(=O)N(CC(=O)O)Cc1cccc(C(=O)O)c1)OCCCc1cc(NC(=N)N)ccc1C(=O)O2. The summed E-state index contributed by atoms with van der Waals surface area (Å²) in [5, 5.41) is 29.3. The van der Waals surface area contributed by atoms with Crippen molar-refractivity contribution in [2.45, 2.75) is 39.2 Å². The van der Waals surface area contributed by atoms with Crippen LogP contribution in [-0.4, -0.2) is 70.6 Å². The standard InChI is InChI=1S/C33H34N4O10/c1-2-45-27(40)13-9-20-8-12-25-29(46-14-4-7-21-16-23(36-33(34)35)10-11-24(21)32(44)47-25)28(20)30(41)37(18-26(38)39)17-19-5-3-6-22(15-19)31(42)43/h3,5-6,8,10-12,15-16H,2,4,7,9,13-14,17-18H2,1H3,(H,38,39)(H,42,43)(H4,34,35,36). The Morgan fingerprint density at radius 1 is 1.09 bits per heavy atom. The number of guanidine groups is 1. The molecule has 0 aromatic heterocycles. The van der Waals surface area contributed by atoms with Crippen molar-refractivity contribution in [1.29, 1.82) is 5.41 Å². The summed E-state index contributed by atoms with van der Waals surface area (Å²) >= 11 is 0. The van der Waals surface area contributed by atoms with E-state index in [1.54, 1.807) is 25.1 Å². The van der Waals surface area contributed by atoms with Gasteiger partial charge in [0.05, 0.1) is 29.9 Å². The van der Waals surface area contributed by atoms with Crippen LogP contribution < -0.4 is 20.5 Å². The van der Waals surface area contributed by atoms with E-state index >= 15 is 0 Å². The Hall–Kier alpha value is -5.92. The average Bonchev–Trinajstić information content (AvgIpc) is 3.01. The van der Waals surface area contributed by atoms with Crippen molar-refractivity contribution < 1.29 is 48.4 Å². The van der Waals surface area contributed by atoms with Crippen LogP contribution >= 0.6 is 0 Å². The molecule has 0 aliphatic carbocycles. The first-order valence-electron chi connectivity index (χ1n) is 14.7. The average molecular weight is 647 g/mol. The molecule has 14 nitrogen and oxygen atoms in total. The Bertz CT molecular complexity index is 1720. The van der Waals surface area contributed by atoms with Gasteiger partial charge in [-0.15, -0.1) is 0 Å². The van der Waals surface area contributed by atoms with Crippen LogP contribution in [0, 0.1) is 5.41 Å². The molecule has 0 unspecified atom stereocenters. The zero-order chi connectivity index (χ0) is 34.1. The number of amides is 1. The molecule has 0 atom stereocenters. The van der Waals surface area contributed by atoms with Crippen molar-refractivity contribution in [1.82, 2.24) is 4.90 Å². The highest BCUT2D eigenvalue weighted by atomic mass is 16.6. The minimum Gasteiger partial charge on any atom is -0.489 e. The molecule has 0 saturated carbocycles. The summed E-state index contributed by atoms with van der Waals surface area (Å²) in [6.45, 7) is 0.866. The number of carboxylic acid groups (broad SMARTS) is 2. The third kappa shape index (κ3) is 8.84. The zero-order valence-corrected chi connectivity index (χ0v) is 25.5. The van der Waals surface area contributed by atoms with Crippen LogP contribution in [0.25, 0.3) is 0 Å². The number of nitrogens with one attached hydrogen (secondary N) is 2. The topological polar surface area (TPSA) is 219 Å². The van der Waals surface area contributed by atoms with E-state index < -0.39 is 36.3 Å². The second kappa shape index (κ2) is 15.4. The second-order valence-corrected chi connectivity index (χ2v) is 10.5. The maximum Gasteiger partial charge on any atom is 0.343 e. The lowest BCUT2D eigenvalue weighted by Crippen LogP contribution is -2.36. The van der Waals surface area contributed by atoms with Gasteiger partial charge in [-0.3, -0.25) is 19.8 Å².